The van der Waals surface area contributed by atoms with Crippen molar-refractivity contribution in [2.45, 2.75) is 43.3 Å². The molecule has 0 heterocycles. The summed E-state index contributed by atoms with van der Waals surface area (Å²) >= 11 is 0. The molecule has 4 atom stereocenters. The maximum absolute atomic E-state index is 8.78. The van der Waals surface area contributed by atoms with Gasteiger partial charge in [0.1, 0.15) is 0 Å². The van der Waals surface area contributed by atoms with Crippen LogP contribution < -0.4 is 4.90 Å². The van der Waals surface area contributed by atoms with Gasteiger partial charge in [0.05, 0.1) is 12.3 Å². The van der Waals surface area contributed by atoms with Crippen LogP contribution in [0.1, 0.15) is 79.4 Å². The van der Waals surface area contributed by atoms with E-state index in [4.69, 9.17) is 13.7 Å². The summed E-state index contributed by atoms with van der Waals surface area (Å²) in [7, 11) is 0. The molecule has 0 bridgehead atoms. The van der Waals surface area contributed by atoms with Gasteiger partial charge in [-0.2, -0.15) is 0 Å². The van der Waals surface area contributed by atoms with E-state index in [0.717, 1.165) is 39.3 Å². The predicted molar refractivity (Wildman–Crippen MR) is 261 cm³/mol. The molecule has 0 amide bonds. The van der Waals surface area contributed by atoms with Gasteiger partial charge in [-0.05, 0) is 134 Å². The topological polar surface area (TPSA) is 3.24 Å². The lowest BCUT2D eigenvalue weighted by molar-refractivity contribution is 0.443. The molecule has 1 saturated carbocycles. The molecule has 0 N–H and O–H groups in total. The summed E-state index contributed by atoms with van der Waals surface area (Å²) in [4.78, 5) is 2.04. The summed E-state index contributed by atoms with van der Waals surface area (Å²) in [6.07, 6.45) is -5.33. The molecule has 2 aliphatic rings. The Hall–Kier alpha value is -7.22. The van der Waals surface area contributed by atoms with E-state index < -0.39 is 61.4 Å². The van der Waals surface area contributed by atoms with Crippen LogP contribution in [0.15, 0.2) is 230 Å². The maximum Gasteiger partial charge on any atom is 0.0713 e. The third kappa shape index (κ3) is 6.75. The molecule has 1 nitrogen and oxygen atoms in total. The number of nitrogens with zero attached hydrogens (tertiary/aromatic N) is 1. The average Bonchev–Trinajstić information content (AvgIpc) is 3.73. The number of rotatable bonds is 9. The Morgan fingerprint density at radius 1 is 0.403 bits per heavy atom. The fourth-order valence-corrected chi connectivity index (χ4v) is 9.46. The summed E-state index contributed by atoms with van der Waals surface area (Å²) in [6, 6.07) is 67.0. The predicted octanol–water partition coefficient (Wildman–Crippen LogP) is 16.6. The van der Waals surface area contributed by atoms with Crippen molar-refractivity contribution in [1.82, 2.24) is 0 Å². The van der Waals surface area contributed by atoms with E-state index in [0.29, 0.717) is 11.1 Å². The molecule has 0 spiro atoms. The zero-order valence-corrected chi connectivity index (χ0v) is 34.0. The van der Waals surface area contributed by atoms with Crippen LogP contribution >= 0.6 is 0 Å². The average molecular weight is 806 g/mol. The van der Waals surface area contributed by atoms with Crippen LogP contribution in [-0.4, -0.2) is 0 Å². The number of fused-ring (bicyclic) bond motifs is 3. The van der Waals surface area contributed by atoms with Gasteiger partial charge in [0, 0.05) is 23.9 Å². The summed E-state index contributed by atoms with van der Waals surface area (Å²) in [5.41, 5.74) is 14.8. The molecule has 9 aromatic rings. The van der Waals surface area contributed by atoms with E-state index in [1.807, 2.05) is 53.4 Å². The van der Waals surface area contributed by atoms with Gasteiger partial charge in [0.2, 0.25) is 0 Å². The molecule has 4 unspecified atom stereocenters. The number of hydrogen-bond donors (Lipinski definition) is 0. The number of benzene rings is 9. The summed E-state index contributed by atoms with van der Waals surface area (Å²) in [5, 5.41) is 0. The Bertz CT molecular complexity index is 3360. The molecule has 1 heteroatoms. The van der Waals surface area contributed by atoms with E-state index in [1.54, 1.807) is 12.1 Å². The smallest absolute Gasteiger partial charge is 0.0713 e. The van der Waals surface area contributed by atoms with Gasteiger partial charge in [0.15, 0.2) is 0 Å². The minimum atomic E-state index is -1.11. The molecule has 0 aliphatic heterocycles. The van der Waals surface area contributed by atoms with Crippen molar-refractivity contribution < 1.29 is 13.7 Å². The molecule has 0 saturated heterocycles. The van der Waals surface area contributed by atoms with Gasteiger partial charge in [-0.25, -0.2) is 0 Å². The van der Waals surface area contributed by atoms with Crippen molar-refractivity contribution in [1.29, 1.82) is 0 Å². The number of anilines is 3. The Kier molecular flexibility index (Phi) is 7.46. The van der Waals surface area contributed by atoms with Crippen molar-refractivity contribution in [2.24, 2.45) is 0 Å². The van der Waals surface area contributed by atoms with Crippen molar-refractivity contribution in [2.75, 3.05) is 4.90 Å². The molecular formula is C61H49N. The van der Waals surface area contributed by atoms with Crippen LogP contribution in [0.5, 0.6) is 0 Å². The Morgan fingerprint density at radius 2 is 0.855 bits per heavy atom. The zero-order valence-electron chi connectivity index (χ0n) is 44.0. The van der Waals surface area contributed by atoms with Crippen LogP contribution in [0.2, 0.25) is 0 Å². The normalized spacial score (nSPS) is 23.3. The van der Waals surface area contributed by atoms with Crippen molar-refractivity contribution in [3.8, 4) is 44.5 Å². The second-order valence-corrected chi connectivity index (χ2v) is 15.9. The molecule has 9 aromatic carbocycles. The fourth-order valence-electron chi connectivity index (χ4n) is 9.46. The van der Waals surface area contributed by atoms with E-state index in [2.05, 4.69) is 140 Å². The highest BCUT2D eigenvalue weighted by molar-refractivity contribution is 5.89. The Labute approximate surface area is 380 Å². The molecule has 1 fully saturated rings. The van der Waals surface area contributed by atoms with Crippen LogP contribution in [0.3, 0.4) is 0 Å². The third-order valence-corrected chi connectivity index (χ3v) is 12.4. The van der Waals surface area contributed by atoms with E-state index in [9.17, 15) is 0 Å². The maximum atomic E-state index is 8.78. The summed E-state index contributed by atoms with van der Waals surface area (Å²) in [6.45, 7) is 0. The highest BCUT2D eigenvalue weighted by Crippen LogP contribution is 2.56. The SMILES string of the molecule is [2H]c1c([2H])c([2H])c(-c2ccc(N(c3ccc(-c4ccc(-c5ccc6c(c5)C(c5ccccc5)(c5ccccc5)c5ccccc5-6)cc4)cc3)c3ccc(C4C([2H])C([2H])C([2H])C([2H])C4[2H])cc3)cc2)c([2H])c1[2H]. The van der Waals surface area contributed by atoms with E-state index in [1.165, 1.54) is 33.4 Å². The van der Waals surface area contributed by atoms with E-state index in [-0.39, 0.29) is 17.6 Å². The lowest BCUT2D eigenvalue weighted by Gasteiger charge is -2.34. The molecule has 2 aliphatic carbocycles. The fraction of sp³-hybridized carbons (Fsp3) is 0.115. The first-order valence-electron chi connectivity index (χ1n) is 26.5. The lowest BCUT2D eigenvalue weighted by Crippen LogP contribution is -2.28. The minimum absolute atomic E-state index is 0.116. The van der Waals surface area contributed by atoms with Crippen LogP contribution in [0.4, 0.5) is 17.1 Å². The zero-order chi connectivity index (χ0) is 50.0. The van der Waals surface area contributed by atoms with E-state index >= 15 is 0 Å². The standard InChI is InChI=1S/C61H49N/c1-5-15-44(16-6-1)47-29-36-54(37-30-47)62(55-38-31-48(32-39-55)45-17-7-2-8-18-45)56-40-33-49(34-41-56)46-25-27-50(28-26-46)51-35-42-58-57-23-13-14-24-59(57)61(60(58)43-51,52-19-9-3-10-20-52)53-21-11-4-12-22-53/h1,3-6,9-16,19-43,45H,2,7-8,17-18H2/i1D,2D,5D,6D,7D,8D,15D,16D,17D,18D. The third-order valence-electron chi connectivity index (χ3n) is 12.4. The van der Waals surface area contributed by atoms with Gasteiger partial charge >= 0.3 is 0 Å². The van der Waals surface area contributed by atoms with Gasteiger partial charge in [-0.15, -0.1) is 0 Å². The molecule has 11 rings (SSSR count). The largest absolute Gasteiger partial charge is 0.311 e. The molecule has 298 valence electrons. The van der Waals surface area contributed by atoms with Crippen LogP contribution in [-0.2, 0) is 5.41 Å². The van der Waals surface area contributed by atoms with Crippen LogP contribution in [0, 0.1) is 0 Å². The van der Waals surface area contributed by atoms with Gasteiger partial charge in [-0.3, -0.25) is 0 Å². The van der Waals surface area contributed by atoms with Crippen molar-refractivity contribution >= 4 is 17.1 Å². The van der Waals surface area contributed by atoms with Crippen molar-refractivity contribution in [3.05, 3.63) is 258 Å². The first-order valence-corrected chi connectivity index (χ1v) is 21.1. The molecule has 0 aromatic heterocycles. The molecule has 62 heavy (non-hydrogen) atoms. The Balaban J connectivity index is 0.934. The highest BCUT2D eigenvalue weighted by atomic mass is 15.1. The monoisotopic (exact) mass is 805 g/mol. The van der Waals surface area contributed by atoms with Gasteiger partial charge in [0.25, 0.3) is 0 Å². The number of hydrogen-bond acceptors (Lipinski definition) is 1. The summed E-state index contributed by atoms with van der Waals surface area (Å²) < 4.78 is 84.4. The minimum Gasteiger partial charge on any atom is -0.311 e. The lowest BCUT2D eigenvalue weighted by atomic mass is 9.67. The second-order valence-electron chi connectivity index (χ2n) is 15.9. The first-order chi connectivity index (χ1) is 34.9. The van der Waals surface area contributed by atoms with Gasteiger partial charge in [-0.1, -0.05) is 207 Å². The van der Waals surface area contributed by atoms with Crippen LogP contribution in [0.25, 0.3) is 44.5 Å². The van der Waals surface area contributed by atoms with Crippen molar-refractivity contribution in [3.63, 3.8) is 0 Å². The second kappa shape index (κ2) is 16.3. The quantitative estimate of drug-likeness (QED) is 0.140. The van der Waals surface area contributed by atoms with Gasteiger partial charge < -0.3 is 4.90 Å². The summed E-state index contributed by atoms with van der Waals surface area (Å²) in [5.74, 6) is -0.696. The molecular weight excluding hydrogens is 747 g/mol. The first kappa shape index (κ1) is 28.3. The highest BCUT2D eigenvalue weighted by Gasteiger charge is 2.46. The Morgan fingerprint density at radius 3 is 1.44 bits per heavy atom. The molecule has 0 radical (unpaired) electrons.